The Labute approximate surface area is 141 Å². The number of carbonyl (C=O) groups is 1. The first-order chi connectivity index (χ1) is 12.0. The molecule has 25 heavy (non-hydrogen) atoms. The maximum atomic E-state index is 12.4. The van der Waals surface area contributed by atoms with Crippen LogP contribution in [0, 0.1) is 0 Å². The molecule has 0 atom stereocenters. The third-order valence-electron chi connectivity index (χ3n) is 3.45. The first-order valence-electron chi connectivity index (χ1n) is 7.34. The zero-order valence-corrected chi connectivity index (χ0v) is 12.9. The maximum Gasteiger partial charge on any atom is 0.328 e. The summed E-state index contributed by atoms with van der Waals surface area (Å²) in [5.74, 6) is -0.726. The highest BCUT2D eigenvalue weighted by molar-refractivity contribution is 6.09. The van der Waals surface area contributed by atoms with Crippen molar-refractivity contribution in [2.75, 3.05) is 0 Å². The topological polar surface area (TPSA) is 115 Å². The largest absolute Gasteiger partial charge is 0.494 e. The summed E-state index contributed by atoms with van der Waals surface area (Å²) in [6.07, 6.45) is 1.12. The SMILES string of the molecule is O=C(c1ccccc1)c1cccc(N=Cc2c(O)[nH]c(=O)[nH]c2=O)c1. The van der Waals surface area contributed by atoms with Crippen LogP contribution in [0.4, 0.5) is 5.69 Å². The predicted molar refractivity (Wildman–Crippen MR) is 92.9 cm³/mol. The number of aromatic nitrogens is 2. The lowest BCUT2D eigenvalue weighted by molar-refractivity contribution is 0.103. The van der Waals surface area contributed by atoms with Gasteiger partial charge in [0.1, 0.15) is 5.56 Å². The molecule has 0 saturated heterocycles. The van der Waals surface area contributed by atoms with Crippen LogP contribution < -0.4 is 11.2 Å². The highest BCUT2D eigenvalue weighted by Gasteiger charge is 2.09. The van der Waals surface area contributed by atoms with Crippen LogP contribution in [0.1, 0.15) is 21.5 Å². The molecule has 0 amide bonds. The summed E-state index contributed by atoms with van der Waals surface area (Å²) < 4.78 is 0. The third kappa shape index (κ3) is 3.61. The number of aliphatic imine (C=N–C) groups is 1. The van der Waals surface area contributed by atoms with E-state index >= 15 is 0 Å². The smallest absolute Gasteiger partial charge is 0.328 e. The van der Waals surface area contributed by atoms with Gasteiger partial charge in [-0.3, -0.25) is 24.5 Å². The van der Waals surface area contributed by atoms with Crippen molar-refractivity contribution in [3.63, 3.8) is 0 Å². The number of nitrogens with zero attached hydrogens (tertiary/aromatic N) is 1. The van der Waals surface area contributed by atoms with E-state index in [0.29, 0.717) is 16.8 Å². The Balaban J connectivity index is 1.92. The van der Waals surface area contributed by atoms with Gasteiger partial charge in [-0.2, -0.15) is 0 Å². The third-order valence-corrected chi connectivity index (χ3v) is 3.45. The summed E-state index contributed by atoms with van der Waals surface area (Å²) in [7, 11) is 0. The van der Waals surface area contributed by atoms with Crippen LogP contribution in [0.2, 0.25) is 0 Å². The van der Waals surface area contributed by atoms with Gasteiger partial charge >= 0.3 is 5.69 Å². The van der Waals surface area contributed by atoms with Crippen LogP contribution in [0.3, 0.4) is 0 Å². The number of carbonyl (C=O) groups excluding carboxylic acids is 1. The number of hydrogen-bond donors (Lipinski definition) is 3. The monoisotopic (exact) mass is 335 g/mol. The lowest BCUT2D eigenvalue weighted by Gasteiger charge is -2.02. The zero-order valence-electron chi connectivity index (χ0n) is 12.9. The minimum Gasteiger partial charge on any atom is -0.494 e. The Hall–Kier alpha value is -3.74. The van der Waals surface area contributed by atoms with Crippen LogP contribution in [0.5, 0.6) is 5.88 Å². The molecule has 0 saturated carbocycles. The number of ketones is 1. The predicted octanol–water partition coefficient (Wildman–Crippen LogP) is 1.75. The molecule has 0 aliphatic heterocycles. The Kier molecular flexibility index (Phi) is 4.38. The Bertz CT molecular complexity index is 1070. The molecule has 7 nitrogen and oxygen atoms in total. The highest BCUT2D eigenvalue weighted by atomic mass is 16.3. The second-order valence-electron chi connectivity index (χ2n) is 5.17. The van der Waals surface area contributed by atoms with Gasteiger partial charge in [-0.15, -0.1) is 0 Å². The molecule has 0 bridgehead atoms. The van der Waals surface area contributed by atoms with Crippen LogP contribution in [0.25, 0.3) is 0 Å². The van der Waals surface area contributed by atoms with E-state index in [-0.39, 0.29) is 11.3 Å². The summed E-state index contributed by atoms with van der Waals surface area (Å²) in [6, 6.07) is 15.4. The lowest BCUT2D eigenvalue weighted by atomic mass is 10.0. The Morgan fingerprint density at radius 1 is 0.960 bits per heavy atom. The summed E-state index contributed by atoms with van der Waals surface area (Å²) in [6.45, 7) is 0. The second kappa shape index (κ2) is 6.79. The highest BCUT2D eigenvalue weighted by Crippen LogP contribution is 2.17. The molecule has 3 rings (SSSR count). The van der Waals surface area contributed by atoms with Crippen molar-refractivity contribution in [3.8, 4) is 5.88 Å². The fraction of sp³-hybridized carbons (Fsp3) is 0. The van der Waals surface area contributed by atoms with Crippen LogP contribution in [-0.4, -0.2) is 27.1 Å². The molecule has 3 N–H and O–H groups in total. The minimum atomic E-state index is -0.810. The molecule has 0 aliphatic carbocycles. The average Bonchev–Trinajstić information content (AvgIpc) is 2.61. The summed E-state index contributed by atoms with van der Waals surface area (Å²) in [5.41, 5.74) is -0.332. The fourth-order valence-corrected chi connectivity index (χ4v) is 2.23. The van der Waals surface area contributed by atoms with Gasteiger partial charge in [-0.1, -0.05) is 42.5 Å². The first kappa shape index (κ1) is 16.1. The van der Waals surface area contributed by atoms with Gasteiger partial charge in [-0.05, 0) is 12.1 Å². The maximum absolute atomic E-state index is 12.4. The van der Waals surface area contributed by atoms with E-state index in [4.69, 9.17) is 0 Å². The van der Waals surface area contributed by atoms with E-state index in [1.165, 1.54) is 0 Å². The van der Waals surface area contributed by atoms with E-state index in [2.05, 4.69) is 9.98 Å². The molecule has 7 heteroatoms. The standard InChI is InChI=1S/C18H13N3O4/c22-15(11-5-2-1-3-6-11)12-7-4-8-13(9-12)19-10-14-16(23)20-18(25)21-17(14)24/h1-10H,(H3,20,21,23,24,25). The van der Waals surface area contributed by atoms with E-state index in [0.717, 1.165) is 6.21 Å². The minimum absolute atomic E-state index is 0.151. The molecule has 0 fully saturated rings. The van der Waals surface area contributed by atoms with Crippen molar-refractivity contribution >= 4 is 17.7 Å². The summed E-state index contributed by atoms with van der Waals surface area (Å²) in [4.78, 5) is 43.3. The quantitative estimate of drug-likeness (QED) is 0.497. The number of rotatable bonds is 4. The van der Waals surface area contributed by atoms with Crippen LogP contribution >= 0.6 is 0 Å². The average molecular weight is 335 g/mol. The first-order valence-corrected chi connectivity index (χ1v) is 7.34. The number of aromatic amines is 2. The fourth-order valence-electron chi connectivity index (χ4n) is 2.23. The van der Waals surface area contributed by atoms with Crippen molar-refractivity contribution in [1.82, 2.24) is 9.97 Å². The van der Waals surface area contributed by atoms with Crippen LogP contribution in [-0.2, 0) is 0 Å². The molecule has 1 heterocycles. The molecule has 124 valence electrons. The van der Waals surface area contributed by atoms with Gasteiger partial charge in [0.15, 0.2) is 5.78 Å². The molecule has 1 aromatic heterocycles. The molecule has 2 aromatic carbocycles. The molecule has 3 aromatic rings. The van der Waals surface area contributed by atoms with E-state index in [1.54, 1.807) is 48.5 Å². The van der Waals surface area contributed by atoms with Gasteiger partial charge in [0, 0.05) is 17.3 Å². The Morgan fingerprint density at radius 2 is 1.68 bits per heavy atom. The number of hydrogen-bond acceptors (Lipinski definition) is 5. The van der Waals surface area contributed by atoms with Crippen LogP contribution in [0.15, 0.2) is 69.2 Å². The molecular formula is C18H13N3O4. The van der Waals surface area contributed by atoms with Gasteiger partial charge in [0.05, 0.1) is 5.69 Å². The van der Waals surface area contributed by atoms with Gasteiger partial charge in [0.2, 0.25) is 5.88 Å². The molecule has 0 spiro atoms. The normalized spacial score (nSPS) is 10.9. The molecule has 0 radical (unpaired) electrons. The van der Waals surface area contributed by atoms with Crippen molar-refractivity contribution in [1.29, 1.82) is 0 Å². The number of nitrogens with one attached hydrogen (secondary N) is 2. The van der Waals surface area contributed by atoms with Gasteiger partial charge in [0.25, 0.3) is 5.56 Å². The second-order valence-corrected chi connectivity index (χ2v) is 5.17. The number of H-pyrrole nitrogens is 2. The lowest BCUT2D eigenvalue weighted by Crippen LogP contribution is -2.24. The zero-order chi connectivity index (χ0) is 17.8. The van der Waals surface area contributed by atoms with Crippen molar-refractivity contribution in [3.05, 3.63) is 92.1 Å². The summed E-state index contributed by atoms with van der Waals surface area (Å²) in [5, 5.41) is 9.62. The number of benzene rings is 2. The summed E-state index contributed by atoms with van der Waals surface area (Å²) >= 11 is 0. The van der Waals surface area contributed by atoms with Crippen molar-refractivity contribution in [2.45, 2.75) is 0 Å². The van der Waals surface area contributed by atoms with Gasteiger partial charge < -0.3 is 5.11 Å². The van der Waals surface area contributed by atoms with Crippen molar-refractivity contribution in [2.24, 2.45) is 4.99 Å². The molecular weight excluding hydrogens is 322 g/mol. The number of aromatic hydroxyl groups is 1. The Morgan fingerprint density at radius 3 is 2.40 bits per heavy atom. The van der Waals surface area contributed by atoms with E-state index in [1.807, 2.05) is 11.1 Å². The molecule has 0 aliphatic rings. The van der Waals surface area contributed by atoms with Crippen molar-refractivity contribution < 1.29 is 9.90 Å². The molecule has 0 unspecified atom stereocenters. The van der Waals surface area contributed by atoms with E-state index in [9.17, 15) is 19.5 Å². The van der Waals surface area contributed by atoms with Gasteiger partial charge in [-0.25, -0.2) is 4.79 Å². The van der Waals surface area contributed by atoms with E-state index < -0.39 is 17.1 Å².